The van der Waals surface area contributed by atoms with Crippen molar-refractivity contribution in [3.05, 3.63) is 48.0 Å². The number of rotatable bonds is 10. The maximum atomic E-state index is 3.76. The Bertz CT molecular complexity index is 307. The second kappa shape index (κ2) is 9.94. The van der Waals surface area contributed by atoms with E-state index < -0.39 is 0 Å². The molecule has 1 rings (SSSR count). The molecule has 0 aliphatic heterocycles. The van der Waals surface area contributed by atoms with E-state index in [1.165, 1.54) is 62.5 Å². The SMILES string of the molecule is C=CCCCCCc1ccc(CCCCC)cc1. The van der Waals surface area contributed by atoms with Gasteiger partial charge in [0.25, 0.3) is 0 Å². The van der Waals surface area contributed by atoms with Gasteiger partial charge in [-0.15, -0.1) is 6.58 Å². The Kier molecular flexibility index (Phi) is 8.29. The van der Waals surface area contributed by atoms with E-state index in [4.69, 9.17) is 0 Å². The first-order chi connectivity index (χ1) is 8.86. The minimum absolute atomic E-state index is 1.16. The van der Waals surface area contributed by atoms with Crippen molar-refractivity contribution in [1.82, 2.24) is 0 Å². The summed E-state index contributed by atoms with van der Waals surface area (Å²) in [6.07, 6.45) is 13.6. The van der Waals surface area contributed by atoms with E-state index >= 15 is 0 Å². The van der Waals surface area contributed by atoms with Crippen LogP contribution in [-0.2, 0) is 12.8 Å². The molecule has 0 amide bonds. The molecule has 0 heterocycles. The molecule has 0 N–H and O–H groups in total. The van der Waals surface area contributed by atoms with E-state index in [0.29, 0.717) is 0 Å². The van der Waals surface area contributed by atoms with Gasteiger partial charge in [0.1, 0.15) is 0 Å². The van der Waals surface area contributed by atoms with Gasteiger partial charge in [-0.1, -0.05) is 56.5 Å². The number of aryl methyl sites for hydroxylation is 2. The van der Waals surface area contributed by atoms with Gasteiger partial charge in [-0.3, -0.25) is 0 Å². The Morgan fingerprint density at radius 2 is 1.39 bits per heavy atom. The third kappa shape index (κ3) is 6.64. The van der Waals surface area contributed by atoms with Crippen LogP contribution < -0.4 is 0 Å². The van der Waals surface area contributed by atoms with Crippen molar-refractivity contribution in [3.63, 3.8) is 0 Å². The summed E-state index contributed by atoms with van der Waals surface area (Å²) in [6, 6.07) is 9.26. The number of unbranched alkanes of at least 4 members (excludes halogenated alkanes) is 5. The van der Waals surface area contributed by atoms with Crippen LogP contribution in [0.3, 0.4) is 0 Å². The molecule has 18 heavy (non-hydrogen) atoms. The Hall–Kier alpha value is -1.04. The fraction of sp³-hybridized carbons (Fsp3) is 0.556. The maximum Gasteiger partial charge on any atom is -0.0279 e. The summed E-state index contributed by atoms with van der Waals surface area (Å²) in [5, 5.41) is 0. The normalized spacial score (nSPS) is 10.5. The first-order valence-corrected chi connectivity index (χ1v) is 7.55. The molecule has 0 heteroatoms. The highest BCUT2D eigenvalue weighted by Gasteiger charge is 1.96. The first-order valence-electron chi connectivity index (χ1n) is 7.55. The van der Waals surface area contributed by atoms with Gasteiger partial charge in [0.05, 0.1) is 0 Å². The molecule has 0 aromatic heterocycles. The summed E-state index contributed by atoms with van der Waals surface area (Å²) >= 11 is 0. The monoisotopic (exact) mass is 244 g/mol. The van der Waals surface area contributed by atoms with E-state index in [0.717, 1.165) is 6.42 Å². The summed E-state index contributed by atoms with van der Waals surface area (Å²) < 4.78 is 0. The van der Waals surface area contributed by atoms with Gasteiger partial charge in [-0.05, 0) is 49.7 Å². The van der Waals surface area contributed by atoms with E-state index in [2.05, 4.69) is 37.8 Å². The molecule has 0 radical (unpaired) electrons. The molecular weight excluding hydrogens is 216 g/mol. The molecule has 0 saturated heterocycles. The molecule has 0 aliphatic rings. The Balaban J connectivity index is 2.20. The zero-order valence-electron chi connectivity index (χ0n) is 12.0. The molecular formula is C18H28. The summed E-state index contributed by atoms with van der Waals surface area (Å²) in [5.74, 6) is 0. The standard InChI is InChI=1S/C18H28/c1-3-5-7-8-10-12-18-15-13-17(14-16-18)11-9-6-4-2/h3,13-16H,1,4-12H2,2H3. The van der Waals surface area contributed by atoms with Crippen LogP contribution in [-0.4, -0.2) is 0 Å². The quantitative estimate of drug-likeness (QED) is 0.365. The summed E-state index contributed by atoms with van der Waals surface area (Å²) in [5.41, 5.74) is 2.99. The molecule has 0 nitrogen and oxygen atoms in total. The average Bonchev–Trinajstić information content (AvgIpc) is 2.40. The maximum absolute atomic E-state index is 3.76. The summed E-state index contributed by atoms with van der Waals surface area (Å²) in [6.45, 7) is 6.02. The van der Waals surface area contributed by atoms with E-state index in [-0.39, 0.29) is 0 Å². The number of hydrogen-bond acceptors (Lipinski definition) is 0. The van der Waals surface area contributed by atoms with Crippen molar-refractivity contribution in [1.29, 1.82) is 0 Å². The lowest BCUT2D eigenvalue weighted by molar-refractivity contribution is 0.686. The topological polar surface area (TPSA) is 0 Å². The number of hydrogen-bond donors (Lipinski definition) is 0. The van der Waals surface area contributed by atoms with Crippen molar-refractivity contribution >= 4 is 0 Å². The fourth-order valence-electron chi connectivity index (χ4n) is 2.25. The molecule has 1 aromatic carbocycles. The van der Waals surface area contributed by atoms with Gasteiger partial charge < -0.3 is 0 Å². The van der Waals surface area contributed by atoms with Crippen molar-refractivity contribution in [2.45, 2.75) is 64.7 Å². The number of allylic oxidation sites excluding steroid dienone is 1. The molecule has 100 valence electrons. The van der Waals surface area contributed by atoms with Gasteiger partial charge in [-0.25, -0.2) is 0 Å². The summed E-state index contributed by atoms with van der Waals surface area (Å²) in [4.78, 5) is 0. The van der Waals surface area contributed by atoms with Crippen LogP contribution in [0.1, 0.15) is 63.0 Å². The van der Waals surface area contributed by atoms with Crippen LogP contribution in [0, 0.1) is 0 Å². The number of benzene rings is 1. The lowest BCUT2D eigenvalue weighted by atomic mass is 10.0. The molecule has 1 aromatic rings. The van der Waals surface area contributed by atoms with Gasteiger partial charge in [0, 0.05) is 0 Å². The van der Waals surface area contributed by atoms with Gasteiger partial charge in [0.15, 0.2) is 0 Å². The zero-order valence-corrected chi connectivity index (χ0v) is 12.0. The second-order valence-corrected chi connectivity index (χ2v) is 5.16. The lowest BCUT2D eigenvalue weighted by Crippen LogP contribution is -1.89. The highest BCUT2D eigenvalue weighted by atomic mass is 14.0. The predicted octanol–water partition coefficient (Wildman–Crippen LogP) is 5.71. The van der Waals surface area contributed by atoms with Gasteiger partial charge >= 0.3 is 0 Å². The second-order valence-electron chi connectivity index (χ2n) is 5.16. The molecule has 0 atom stereocenters. The summed E-state index contributed by atoms with van der Waals surface area (Å²) in [7, 11) is 0. The largest absolute Gasteiger partial charge is 0.103 e. The zero-order chi connectivity index (χ0) is 13.1. The minimum atomic E-state index is 1.16. The van der Waals surface area contributed by atoms with Crippen molar-refractivity contribution in [2.75, 3.05) is 0 Å². The molecule has 0 unspecified atom stereocenters. The third-order valence-corrected chi connectivity index (χ3v) is 3.47. The Morgan fingerprint density at radius 1 is 0.833 bits per heavy atom. The van der Waals surface area contributed by atoms with Crippen molar-refractivity contribution in [3.8, 4) is 0 Å². The predicted molar refractivity (Wildman–Crippen MR) is 82.0 cm³/mol. The van der Waals surface area contributed by atoms with E-state index in [1.54, 1.807) is 0 Å². The lowest BCUT2D eigenvalue weighted by Gasteiger charge is -2.04. The molecule has 0 fully saturated rings. The average molecular weight is 244 g/mol. The smallest absolute Gasteiger partial charge is 0.0279 e. The highest BCUT2D eigenvalue weighted by molar-refractivity contribution is 5.22. The van der Waals surface area contributed by atoms with Crippen molar-refractivity contribution in [2.24, 2.45) is 0 Å². The molecule has 0 bridgehead atoms. The van der Waals surface area contributed by atoms with Crippen LogP contribution in [0.2, 0.25) is 0 Å². The van der Waals surface area contributed by atoms with Crippen LogP contribution >= 0.6 is 0 Å². The first kappa shape index (κ1) is 15.0. The van der Waals surface area contributed by atoms with Crippen LogP contribution in [0.25, 0.3) is 0 Å². The van der Waals surface area contributed by atoms with Crippen LogP contribution in [0.5, 0.6) is 0 Å². The van der Waals surface area contributed by atoms with Crippen LogP contribution in [0.4, 0.5) is 0 Å². The van der Waals surface area contributed by atoms with E-state index in [9.17, 15) is 0 Å². The van der Waals surface area contributed by atoms with Gasteiger partial charge in [0.2, 0.25) is 0 Å². The molecule has 0 aliphatic carbocycles. The van der Waals surface area contributed by atoms with Crippen molar-refractivity contribution < 1.29 is 0 Å². The molecule has 0 spiro atoms. The minimum Gasteiger partial charge on any atom is -0.103 e. The fourth-order valence-corrected chi connectivity index (χ4v) is 2.25. The molecule has 0 saturated carbocycles. The van der Waals surface area contributed by atoms with E-state index in [1.807, 2.05) is 6.08 Å². The van der Waals surface area contributed by atoms with Crippen LogP contribution in [0.15, 0.2) is 36.9 Å². The highest BCUT2D eigenvalue weighted by Crippen LogP contribution is 2.12. The Labute approximate surface area is 113 Å². The van der Waals surface area contributed by atoms with Gasteiger partial charge in [-0.2, -0.15) is 0 Å². The third-order valence-electron chi connectivity index (χ3n) is 3.47. The Morgan fingerprint density at radius 3 is 1.89 bits per heavy atom.